The Morgan fingerprint density at radius 1 is 1.18 bits per heavy atom. The van der Waals surface area contributed by atoms with E-state index in [4.69, 9.17) is 5.73 Å². The Kier molecular flexibility index (Phi) is 4.85. The first-order valence-corrected chi connectivity index (χ1v) is 9.53. The normalized spacial score (nSPS) is 19.4. The van der Waals surface area contributed by atoms with Crippen molar-refractivity contribution < 1.29 is 14.4 Å². The molecule has 2 fully saturated rings. The zero-order valence-electron chi connectivity index (χ0n) is 15.6. The van der Waals surface area contributed by atoms with E-state index in [1.54, 1.807) is 14.5 Å². The summed E-state index contributed by atoms with van der Waals surface area (Å²) in [5.41, 5.74) is 7.35. The van der Waals surface area contributed by atoms with Crippen LogP contribution in [0.5, 0.6) is 0 Å². The average molecular weight is 381 g/mol. The molecule has 4 rings (SSSR count). The maximum Gasteiger partial charge on any atom is 0.242 e. The second kappa shape index (κ2) is 7.46. The van der Waals surface area contributed by atoms with Crippen LogP contribution < -0.4 is 5.73 Å². The van der Waals surface area contributed by atoms with E-state index < -0.39 is 0 Å². The lowest BCUT2D eigenvalue weighted by Crippen LogP contribution is -2.40. The van der Waals surface area contributed by atoms with E-state index in [9.17, 15) is 14.4 Å². The van der Waals surface area contributed by atoms with Crippen molar-refractivity contribution in [2.45, 2.75) is 19.3 Å². The maximum absolute atomic E-state index is 12.9. The van der Waals surface area contributed by atoms with Crippen LogP contribution in [0.15, 0.2) is 36.5 Å². The average Bonchev–Trinajstić information content (AvgIpc) is 3.43. The molecule has 2 N–H and O–H groups in total. The van der Waals surface area contributed by atoms with Crippen LogP contribution in [-0.4, -0.2) is 63.4 Å². The molecule has 146 valence electrons. The summed E-state index contributed by atoms with van der Waals surface area (Å²) in [5.74, 6) is -0.149. The van der Waals surface area contributed by atoms with Crippen molar-refractivity contribution in [3.05, 3.63) is 42.1 Å². The van der Waals surface area contributed by atoms with E-state index in [1.165, 1.54) is 6.20 Å². The minimum atomic E-state index is -0.297. The first-order valence-electron chi connectivity index (χ1n) is 9.53. The van der Waals surface area contributed by atoms with Gasteiger partial charge in [-0.15, -0.1) is 0 Å². The number of nitrogens with two attached hydrogens (primary N) is 1. The van der Waals surface area contributed by atoms with Crippen LogP contribution in [0.25, 0.3) is 5.69 Å². The van der Waals surface area contributed by atoms with Gasteiger partial charge in [-0.2, -0.15) is 5.10 Å². The molecule has 0 unspecified atom stereocenters. The monoisotopic (exact) mass is 381 g/mol. The SMILES string of the molecule is Nc1c(C(=O)[C@H]2CCN(C(=O)CN3CCCC3=O)C2)cnn1-c1ccccc1. The smallest absolute Gasteiger partial charge is 0.242 e. The lowest BCUT2D eigenvalue weighted by molar-refractivity contribution is -0.137. The molecule has 0 aliphatic carbocycles. The summed E-state index contributed by atoms with van der Waals surface area (Å²) < 4.78 is 1.55. The molecule has 28 heavy (non-hydrogen) atoms. The third kappa shape index (κ3) is 3.37. The Hall–Kier alpha value is -3.16. The number of Topliss-reactive ketones (excluding diaryl/α,β-unsaturated/α-hetero) is 1. The number of hydrogen-bond acceptors (Lipinski definition) is 5. The van der Waals surface area contributed by atoms with Crippen molar-refractivity contribution in [1.29, 1.82) is 0 Å². The summed E-state index contributed by atoms with van der Waals surface area (Å²) in [6.45, 7) is 1.61. The van der Waals surface area contributed by atoms with Crippen molar-refractivity contribution in [3.63, 3.8) is 0 Å². The van der Waals surface area contributed by atoms with Crippen molar-refractivity contribution in [1.82, 2.24) is 19.6 Å². The molecule has 1 atom stereocenters. The van der Waals surface area contributed by atoms with Gasteiger partial charge in [-0.05, 0) is 25.0 Å². The van der Waals surface area contributed by atoms with Crippen LogP contribution >= 0.6 is 0 Å². The minimum Gasteiger partial charge on any atom is -0.383 e. The summed E-state index contributed by atoms with van der Waals surface area (Å²) >= 11 is 0. The number of ketones is 1. The summed E-state index contributed by atoms with van der Waals surface area (Å²) in [4.78, 5) is 40.4. The molecule has 1 aromatic carbocycles. The molecule has 0 bridgehead atoms. The highest BCUT2D eigenvalue weighted by atomic mass is 16.2. The highest BCUT2D eigenvalue weighted by Gasteiger charge is 2.34. The number of carbonyl (C=O) groups excluding carboxylic acids is 3. The van der Waals surface area contributed by atoms with Gasteiger partial charge in [0.15, 0.2) is 5.78 Å². The van der Waals surface area contributed by atoms with Gasteiger partial charge in [-0.1, -0.05) is 18.2 Å². The predicted octanol–water partition coefficient (Wildman–Crippen LogP) is 1.11. The molecule has 1 aromatic heterocycles. The fourth-order valence-corrected chi connectivity index (χ4v) is 3.88. The number of likely N-dealkylation sites (tertiary alicyclic amines) is 2. The van der Waals surface area contributed by atoms with Gasteiger partial charge < -0.3 is 15.5 Å². The topological polar surface area (TPSA) is 102 Å². The molecule has 2 amide bonds. The molecule has 2 saturated heterocycles. The maximum atomic E-state index is 12.9. The number of aromatic nitrogens is 2. The van der Waals surface area contributed by atoms with E-state index in [1.807, 2.05) is 30.3 Å². The van der Waals surface area contributed by atoms with E-state index in [2.05, 4.69) is 5.10 Å². The number of hydrogen-bond donors (Lipinski definition) is 1. The molecule has 0 radical (unpaired) electrons. The fraction of sp³-hybridized carbons (Fsp3) is 0.400. The Labute approximate surface area is 162 Å². The van der Waals surface area contributed by atoms with Gasteiger partial charge in [0.2, 0.25) is 11.8 Å². The number of benzene rings is 1. The minimum absolute atomic E-state index is 0.0290. The number of anilines is 1. The van der Waals surface area contributed by atoms with Gasteiger partial charge in [0.1, 0.15) is 5.82 Å². The molecular weight excluding hydrogens is 358 g/mol. The summed E-state index contributed by atoms with van der Waals surface area (Å²) in [6.07, 6.45) is 3.41. The van der Waals surface area contributed by atoms with Crippen LogP contribution in [0.2, 0.25) is 0 Å². The zero-order valence-corrected chi connectivity index (χ0v) is 15.6. The largest absolute Gasteiger partial charge is 0.383 e. The van der Waals surface area contributed by atoms with Gasteiger partial charge >= 0.3 is 0 Å². The standard InChI is InChI=1S/C20H23N5O3/c21-20-16(11-22-25(20)15-5-2-1-3-6-15)19(28)14-8-10-24(12-14)18(27)13-23-9-4-7-17(23)26/h1-3,5-6,11,14H,4,7-10,12-13,21H2/t14-/m0/s1. The Balaban J connectivity index is 1.42. The molecule has 8 nitrogen and oxygen atoms in total. The molecule has 3 heterocycles. The van der Waals surface area contributed by atoms with Crippen molar-refractivity contribution in [2.24, 2.45) is 5.92 Å². The first kappa shape index (κ1) is 18.2. The van der Waals surface area contributed by atoms with Crippen LogP contribution in [0, 0.1) is 5.92 Å². The highest BCUT2D eigenvalue weighted by Crippen LogP contribution is 2.25. The highest BCUT2D eigenvalue weighted by molar-refractivity contribution is 6.02. The van der Waals surface area contributed by atoms with Gasteiger partial charge in [0.25, 0.3) is 0 Å². The van der Waals surface area contributed by atoms with Crippen LogP contribution in [0.4, 0.5) is 5.82 Å². The lowest BCUT2D eigenvalue weighted by atomic mass is 9.98. The molecule has 2 aliphatic rings. The van der Waals surface area contributed by atoms with Crippen LogP contribution in [-0.2, 0) is 9.59 Å². The number of amides is 2. The first-order chi connectivity index (χ1) is 13.5. The molecular formula is C20H23N5O3. The van der Waals surface area contributed by atoms with E-state index in [0.29, 0.717) is 43.9 Å². The molecule has 2 aromatic rings. The number of nitrogen functional groups attached to an aromatic ring is 1. The summed E-state index contributed by atoms with van der Waals surface area (Å²) in [6, 6.07) is 9.39. The second-order valence-electron chi connectivity index (χ2n) is 7.30. The molecule has 0 spiro atoms. The van der Waals surface area contributed by atoms with Gasteiger partial charge in [-0.25, -0.2) is 4.68 Å². The lowest BCUT2D eigenvalue weighted by Gasteiger charge is -2.21. The predicted molar refractivity (Wildman–Crippen MR) is 103 cm³/mol. The Morgan fingerprint density at radius 3 is 2.68 bits per heavy atom. The summed E-state index contributed by atoms with van der Waals surface area (Å²) in [5, 5.41) is 4.26. The zero-order chi connectivity index (χ0) is 19.7. The Bertz CT molecular complexity index is 908. The number of para-hydroxylation sites is 1. The molecule has 0 saturated carbocycles. The second-order valence-corrected chi connectivity index (χ2v) is 7.30. The van der Waals surface area contributed by atoms with Crippen molar-refractivity contribution in [3.8, 4) is 5.69 Å². The fourth-order valence-electron chi connectivity index (χ4n) is 3.88. The van der Waals surface area contributed by atoms with Crippen molar-refractivity contribution >= 4 is 23.4 Å². The number of rotatable bonds is 5. The Morgan fingerprint density at radius 2 is 1.96 bits per heavy atom. The quantitative estimate of drug-likeness (QED) is 0.782. The van der Waals surface area contributed by atoms with Gasteiger partial charge in [-0.3, -0.25) is 14.4 Å². The van der Waals surface area contributed by atoms with Crippen LogP contribution in [0.3, 0.4) is 0 Å². The molecule has 8 heteroatoms. The van der Waals surface area contributed by atoms with Crippen molar-refractivity contribution in [2.75, 3.05) is 31.9 Å². The third-order valence-electron chi connectivity index (χ3n) is 5.48. The van der Waals surface area contributed by atoms with Crippen LogP contribution in [0.1, 0.15) is 29.6 Å². The summed E-state index contributed by atoms with van der Waals surface area (Å²) in [7, 11) is 0. The molecule has 2 aliphatic heterocycles. The van der Waals surface area contributed by atoms with E-state index >= 15 is 0 Å². The van der Waals surface area contributed by atoms with Gasteiger partial charge in [0.05, 0.1) is 24.0 Å². The third-order valence-corrected chi connectivity index (χ3v) is 5.48. The number of nitrogens with zero attached hydrogens (tertiary/aromatic N) is 4. The number of carbonyl (C=O) groups is 3. The van der Waals surface area contributed by atoms with E-state index in [0.717, 1.165) is 12.1 Å². The van der Waals surface area contributed by atoms with E-state index in [-0.39, 0.29) is 30.1 Å². The van der Waals surface area contributed by atoms with Gasteiger partial charge in [0, 0.05) is 32.0 Å².